The summed E-state index contributed by atoms with van der Waals surface area (Å²) < 4.78 is 13.5. The summed E-state index contributed by atoms with van der Waals surface area (Å²) in [7, 11) is 0. The van der Waals surface area contributed by atoms with Gasteiger partial charge in [0.05, 0.1) is 6.04 Å². The van der Waals surface area contributed by atoms with Gasteiger partial charge in [0.2, 0.25) is 0 Å². The Labute approximate surface area is 125 Å². The Hall–Kier alpha value is -1.87. The molecular formula is C18H21FN2. The molecule has 2 aromatic carbocycles. The molecule has 3 heteroatoms. The normalized spacial score (nSPS) is 19.2. The third-order valence-corrected chi connectivity index (χ3v) is 4.21. The van der Waals surface area contributed by atoms with Gasteiger partial charge in [-0.3, -0.25) is 0 Å². The summed E-state index contributed by atoms with van der Waals surface area (Å²) in [5, 5.41) is 0. The van der Waals surface area contributed by atoms with Crippen molar-refractivity contribution in [1.82, 2.24) is 0 Å². The third-order valence-electron chi connectivity index (χ3n) is 4.21. The summed E-state index contributed by atoms with van der Waals surface area (Å²) in [6, 6.07) is 15.3. The number of nitrogens with zero attached hydrogens (tertiary/aromatic N) is 1. The Morgan fingerprint density at radius 2 is 2.05 bits per heavy atom. The van der Waals surface area contributed by atoms with Gasteiger partial charge in [-0.2, -0.15) is 0 Å². The fraction of sp³-hybridized carbons (Fsp3) is 0.333. The largest absolute Gasteiger partial charge is 0.363 e. The Balaban J connectivity index is 2.01. The zero-order valence-corrected chi connectivity index (χ0v) is 12.3. The fourth-order valence-corrected chi connectivity index (χ4v) is 3.29. The van der Waals surface area contributed by atoms with Crippen molar-refractivity contribution in [1.29, 1.82) is 0 Å². The van der Waals surface area contributed by atoms with Crippen LogP contribution < -0.4 is 10.6 Å². The summed E-state index contributed by atoms with van der Waals surface area (Å²) >= 11 is 0. The van der Waals surface area contributed by atoms with E-state index in [-0.39, 0.29) is 11.9 Å². The lowest BCUT2D eigenvalue weighted by molar-refractivity contribution is 0.488. The standard InChI is InChI=1S/C18H21FN2/c1-13-9-14-5-2-3-8-17(14)21(12-13)18(11-20)15-6-4-7-16(19)10-15/h2-8,10,13,18H,9,11-12,20H2,1H3. The van der Waals surface area contributed by atoms with Crippen LogP contribution in [0.3, 0.4) is 0 Å². The highest BCUT2D eigenvalue weighted by Crippen LogP contribution is 2.35. The molecule has 0 amide bonds. The average molecular weight is 284 g/mol. The summed E-state index contributed by atoms with van der Waals surface area (Å²) in [4.78, 5) is 2.33. The maximum atomic E-state index is 13.5. The summed E-state index contributed by atoms with van der Waals surface area (Å²) in [5.41, 5.74) is 9.55. The molecule has 0 fully saturated rings. The van der Waals surface area contributed by atoms with Gasteiger partial charge in [0, 0.05) is 18.8 Å². The Morgan fingerprint density at radius 1 is 1.24 bits per heavy atom. The van der Waals surface area contributed by atoms with Crippen LogP contribution in [-0.2, 0) is 6.42 Å². The molecule has 2 N–H and O–H groups in total. The number of halogens is 1. The van der Waals surface area contributed by atoms with Gasteiger partial charge in [-0.25, -0.2) is 4.39 Å². The number of para-hydroxylation sites is 1. The lowest BCUT2D eigenvalue weighted by Crippen LogP contribution is -2.40. The predicted molar refractivity (Wildman–Crippen MR) is 84.9 cm³/mol. The van der Waals surface area contributed by atoms with Crippen LogP contribution in [0, 0.1) is 11.7 Å². The maximum absolute atomic E-state index is 13.5. The highest BCUT2D eigenvalue weighted by Gasteiger charge is 2.27. The van der Waals surface area contributed by atoms with Crippen LogP contribution >= 0.6 is 0 Å². The van der Waals surface area contributed by atoms with Crippen molar-refractivity contribution >= 4 is 5.69 Å². The van der Waals surface area contributed by atoms with Crippen molar-refractivity contribution in [3.05, 3.63) is 65.5 Å². The van der Waals surface area contributed by atoms with E-state index in [2.05, 4.69) is 36.1 Å². The molecular weight excluding hydrogens is 263 g/mol. The highest BCUT2D eigenvalue weighted by atomic mass is 19.1. The second-order valence-corrected chi connectivity index (χ2v) is 5.90. The topological polar surface area (TPSA) is 29.3 Å². The van der Waals surface area contributed by atoms with Crippen molar-refractivity contribution < 1.29 is 4.39 Å². The van der Waals surface area contributed by atoms with Crippen molar-refractivity contribution in [2.24, 2.45) is 11.7 Å². The van der Waals surface area contributed by atoms with Crippen molar-refractivity contribution in [3.8, 4) is 0 Å². The van der Waals surface area contributed by atoms with Crippen LogP contribution in [0.5, 0.6) is 0 Å². The first kappa shape index (κ1) is 14.1. The fourth-order valence-electron chi connectivity index (χ4n) is 3.29. The molecule has 2 atom stereocenters. The van der Waals surface area contributed by atoms with Gasteiger partial charge >= 0.3 is 0 Å². The first-order valence-electron chi connectivity index (χ1n) is 7.49. The minimum absolute atomic E-state index is 0.0181. The van der Waals surface area contributed by atoms with E-state index in [1.165, 1.54) is 17.3 Å². The highest BCUT2D eigenvalue weighted by molar-refractivity contribution is 5.57. The molecule has 2 unspecified atom stereocenters. The van der Waals surface area contributed by atoms with Gasteiger partial charge in [0.1, 0.15) is 5.82 Å². The Morgan fingerprint density at radius 3 is 2.81 bits per heavy atom. The van der Waals surface area contributed by atoms with Crippen LogP contribution in [0.1, 0.15) is 24.1 Å². The second-order valence-electron chi connectivity index (χ2n) is 5.90. The number of rotatable bonds is 3. The molecule has 0 spiro atoms. The third kappa shape index (κ3) is 2.79. The van der Waals surface area contributed by atoms with Crippen molar-refractivity contribution in [2.45, 2.75) is 19.4 Å². The molecule has 110 valence electrons. The Kier molecular flexibility index (Phi) is 3.93. The van der Waals surface area contributed by atoms with Gasteiger partial charge in [0.25, 0.3) is 0 Å². The minimum atomic E-state index is -0.204. The molecule has 0 aliphatic carbocycles. The molecule has 0 saturated carbocycles. The quantitative estimate of drug-likeness (QED) is 0.934. The molecule has 1 aliphatic rings. The zero-order chi connectivity index (χ0) is 14.8. The monoisotopic (exact) mass is 284 g/mol. The molecule has 0 radical (unpaired) electrons. The van der Waals surface area contributed by atoms with E-state index >= 15 is 0 Å². The number of fused-ring (bicyclic) bond motifs is 1. The average Bonchev–Trinajstić information content (AvgIpc) is 2.48. The van der Waals surface area contributed by atoms with Gasteiger partial charge in [-0.05, 0) is 41.7 Å². The Bertz CT molecular complexity index is 626. The molecule has 2 aromatic rings. The van der Waals surface area contributed by atoms with E-state index in [1.807, 2.05) is 6.07 Å². The summed E-state index contributed by atoms with van der Waals surface area (Å²) in [5.74, 6) is 0.367. The van der Waals surface area contributed by atoms with Crippen molar-refractivity contribution in [3.63, 3.8) is 0 Å². The molecule has 1 aliphatic heterocycles. The van der Waals surface area contributed by atoms with Crippen LogP contribution in [0.15, 0.2) is 48.5 Å². The van der Waals surface area contributed by atoms with Crippen LogP contribution in [0.25, 0.3) is 0 Å². The van der Waals surface area contributed by atoms with E-state index < -0.39 is 0 Å². The molecule has 2 nitrogen and oxygen atoms in total. The van der Waals surface area contributed by atoms with E-state index in [1.54, 1.807) is 12.1 Å². The lowest BCUT2D eigenvalue weighted by Gasteiger charge is -2.40. The number of hydrogen-bond acceptors (Lipinski definition) is 2. The molecule has 0 aromatic heterocycles. The minimum Gasteiger partial charge on any atom is -0.363 e. The molecule has 3 rings (SSSR count). The summed E-state index contributed by atoms with van der Waals surface area (Å²) in [6.45, 7) is 3.68. The maximum Gasteiger partial charge on any atom is 0.123 e. The van der Waals surface area contributed by atoms with E-state index in [0.717, 1.165) is 18.5 Å². The number of hydrogen-bond donors (Lipinski definition) is 1. The molecule has 0 bridgehead atoms. The second kappa shape index (κ2) is 5.86. The smallest absolute Gasteiger partial charge is 0.123 e. The number of benzene rings is 2. The SMILES string of the molecule is CC1Cc2ccccc2N(C(CN)c2cccc(F)c2)C1. The first-order valence-corrected chi connectivity index (χ1v) is 7.49. The van der Waals surface area contributed by atoms with Gasteiger partial charge < -0.3 is 10.6 Å². The van der Waals surface area contributed by atoms with Crippen LogP contribution in [0.2, 0.25) is 0 Å². The predicted octanol–water partition coefficient (Wildman–Crippen LogP) is 3.52. The molecule has 21 heavy (non-hydrogen) atoms. The lowest BCUT2D eigenvalue weighted by atomic mass is 9.91. The van der Waals surface area contributed by atoms with Crippen molar-refractivity contribution in [2.75, 3.05) is 18.0 Å². The summed E-state index contributed by atoms with van der Waals surface area (Å²) in [6.07, 6.45) is 1.09. The number of nitrogens with two attached hydrogens (primary N) is 1. The molecule has 0 saturated heterocycles. The van der Waals surface area contributed by atoms with E-state index in [4.69, 9.17) is 5.73 Å². The first-order chi connectivity index (χ1) is 10.2. The van der Waals surface area contributed by atoms with Crippen LogP contribution in [-0.4, -0.2) is 13.1 Å². The zero-order valence-electron chi connectivity index (χ0n) is 12.3. The van der Waals surface area contributed by atoms with Gasteiger partial charge in [0.15, 0.2) is 0 Å². The van der Waals surface area contributed by atoms with Crippen LogP contribution in [0.4, 0.5) is 10.1 Å². The molecule has 1 heterocycles. The van der Waals surface area contributed by atoms with Gasteiger partial charge in [-0.1, -0.05) is 37.3 Å². The van der Waals surface area contributed by atoms with E-state index in [0.29, 0.717) is 12.5 Å². The van der Waals surface area contributed by atoms with Gasteiger partial charge in [-0.15, -0.1) is 0 Å². The van der Waals surface area contributed by atoms with E-state index in [9.17, 15) is 4.39 Å². The number of anilines is 1.